The van der Waals surface area contributed by atoms with Crippen LogP contribution in [0.4, 0.5) is 4.79 Å². The van der Waals surface area contributed by atoms with Crippen molar-refractivity contribution in [3.05, 3.63) is 0 Å². The number of alkyl carbamates (subject to hydrolysis) is 1. The van der Waals surface area contributed by atoms with E-state index in [1.165, 1.54) is 25.7 Å². The third-order valence-electron chi connectivity index (χ3n) is 11.2. The van der Waals surface area contributed by atoms with Gasteiger partial charge in [0.05, 0.1) is 18.8 Å². The van der Waals surface area contributed by atoms with Crippen LogP contribution in [0.5, 0.6) is 0 Å². The maximum absolute atomic E-state index is 11.8. The molecule has 5 heteroatoms. The summed E-state index contributed by atoms with van der Waals surface area (Å²) in [5, 5.41) is 24.8. The van der Waals surface area contributed by atoms with Gasteiger partial charge in [-0.15, -0.1) is 0 Å². The minimum atomic E-state index is -0.343. The van der Waals surface area contributed by atoms with E-state index in [4.69, 9.17) is 4.74 Å². The lowest BCUT2D eigenvalue weighted by molar-refractivity contribution is -0.203. The average molecular weight is 450 g/mol. The van der Waals surface area contributed by atoms with Gasteiger partial charge in [-0.25, -0.2) is 4.79 Å². The highest BCUT2D eigenvalue weighted by atomic mass is 16.5. The summed E-state index contributed by atoms with van der Waals surface area (Å²) in [5.41, 5.74) is 0.528. The topological polar surface area (TPSA) is 78.8 Å². The van der Waals surface area contributed by atoms with Crippen LogP contribution in [-0.2, 0) is 4.74 Å². The summed E-state index contributed by atoms with van der Waals surface area (Å²) in [7, 11) is 1.60. The van der Waals surface area contributed by atoms with Crippen LogP contribution in [0, 0.1) is 52.3 Å². The molecular weight excluding hydrogens is 402 g/mol. The number of hydrogen-bond acceptors (Lipinski definition) is 4. The summed E-state index contributed by atoms with van der Waals surface area (Å²) in [6.45, 7) is 10.1. The van der Waals surface area contributed by atoms with Gasteiger partial charge in [-0.1, -0.05) is 34.1 Å². The number of fused-ring (bicyclic) bond motifs is 5. The van der Waals surface area contributed by atoms with E-state index in [-0.39, 0.29) is 29.1 Å². The summed E-state index contributed by atoms with van der Waals surface area (Å²) in [6, 6.07) is 0. The third kappa shape index (κ3) is 3.79. The molecule has 4 fully saturated rings. The Balaban J connectivity index is 1.54. The smallest absolute Gasteiger partial charge is 0.406 e. The lowest BCUT2D eigenvalue weighted by Crippen LogP contribution is -2.62. The largest absolute Gasteiger partial charge is 0.450 e. The van der Waals surface area contributed by atoms with E-state index in [0.717, 1.165) is 32.1 Å². The molecule has 0 spiro atoms. The zero-order valence-corrected chi connectivity index (χ0v) is 21.0. The van der Waals surface area contributed by atoms with Crippen LogP contribution < -0.4 is 5.32 Å². The SMILES string of the molecule is CC[C@H]1[C@@H](O)[C@@H]2[C@H](CC[C@]3(C)[C@@H]([C@H](C)CCOC(=O)NC)CC[C@@H]23)[C@@]2(C)CC[C@@H](O)C[C@@H]12. The van der Waals surface area contributed by atoms with Gasteiger partial charge >= 0.3 is 6.09 Å². The maximum Gasteiger partial charge on any atom is 0.406 e. The second kappa shape index (κ2) is 9.09. The van der Waals surface area contributed by atoms with Gasteiger partial charge in [0.15, 0.2) is 0 Å². The molecule has 4 rings (SSSR count). The number of carbonyl (C=O) groups is 1. The summed E-state index contributed by atoms with van der Waals surface area (Å²) in [5.74, 6) is 3.49. The van der Waals surface area contributed by atoms with Crippen molar-refractivity contribution in [2.24, 2.45) is 52.3 Å². The van der Waals surface area contributed by atoms with Crippen molar-refractivity contribution in [1.29, 1.82) is 0 Å². The van der Waals surface area contributed by atoms with Crippen LogP contribution in [0.2, 0.25) is 0 Å². The fourth-order valence-corrected chi connectivity index (χ4v) is 9.54. The van der Waals surface area contributed by atoms with Crippen molar-refractivity contribution < 1.29 is 19.7 Å². The van der Waals surface area contributed by atoms with Crippen molar-refractivity contribution in [3.8, 4) is 0 Å². The molecule has 3 N–H and O–H groups in total. The summed E-state index contributed by atoms with van der Waals surface area (Å²) in [4.78, 5) is 11.4. The van der Waals surface area contributed by atoms with Crippen LogP contribution in [0.3, 0.4) is 0 Å². The molecule has 0 aromatic rings. The minimum Gasteiger partial charge on any atom is -0.450 e. The molecule has 11 atom stereocenters. The van der Waals surface area contributed by atoms with Gasteiger partial charge in [0.25, 0.3) is 0 Å². The van der Waals surface area contributed by atoms with Gasteiger partial charge in [0.1, 0.15) is 0 Å². The van der Waals surface area contributed by atoms with Crippen molar-refractivity contribution in [3.63, 3.8) is 0 Å². The van der Waals surface area contributed by atoms with Crippen molar-refractivity contribution in [2.45, 2.75) is 97.7 Å². The fraction of sp³-hybridized carbons (Fsp3) is 0.963. The van der Waals surface area contributed by atoms with Crippen LogP contribution in [0.25, 0.3) is 0 Å². The first-order valence-electron chi connectivity index (χ1n) is 13.4. The van der Waals surface area contributed by atoms with E-state index in [2.05, 4.69) is 33.0 Å². The number of aliphatic hydroxyl groups is 2. The summed E-state index contributed by atoms with van der Waals surface area (Å²) >= 11 is 0. The van der Waals surface area contributed by atoms with Crippen LogP contribution in [0.1, 0.15) is 85.5 Å². The first-order chi connectivity index (χ1) is 15.2. The quantitative estimate of drug-likeness (QED) is 0.552. The second-order valence-corrected chi connectivity index (χ2v) is 12.3. The average Bonchev–Trinajstić information content (AvgIpc) is 3.12. The van der Waals surface area contributed by atoms with Gasteiger partial charge in [0, 0.05) is 7.05 Å². The molecule has 0 aromatic heterocycles. The monoisotopic (exact) mass is 449 g/mol. The van der Waals surface area contributed by atoms with E-state index in [1.54, 1.807) is 7.05 Å². The van der Waals surface area contributed by atoms with E-state index < -0.39 is 0 Å². The Morgan fingerprint density at radius 3 is 2.44 bits per heavy atom. The molecule has 32 heavy (non-hydrogen) atoms. The van der Waals surface area contributed by atoms with Gasteiger partial charge in [-0.3, -0.25) is 0 Å². The molecule has 0 saturated heterocycles. The zero-order valence-electron chi connectivity index (χ0n) is 21.0. The molecule has 1 amide bonds. The predicted octanol–water partition coefficient (Wildman–Crippen LogP) is 5.00. The Kier molecular flexibility index (Phi) is 6.91. The molecule has 0 aliphatic heterocycles. The van der Waals surface area contributed by atoms with Gasteiger partial charge in [-0.2, -0.15) is 0 Å². The van der Waals surface area contributed by atoms with Crippen LogP contribution >= 0.6 is 0 Å². The molecular formula is C27H47NO4. The Morgan fingerprint density at radius 2 is 1.75 bits per heavy atom. The fourth-order valence-electron chi connectivity index (χ4n) is 9.54. The highest BCUT2D eigenvalue weighted by Crippen LogP contribution is 2.69. The van der Waals surface area contributed by atoms with Crippen LogP contribution in [-0.4, -0.2) is 42.2 Å². The van der Waals surface area contributed by atoms with Crippen LogP contribution in [0.15, 0.2) is 0 Å². The molecule has 184 valence electrons. The first kappa shape index (κ1) is 24.3. The standard InChI is InChI=1S/C27H47NO4/c1-6-18-22-15-17(29)9-12-27(22,4)21-10-13-26(3)19(7-8-20(26)23(21)24(18)30)16(2)11-14-32-25(31)28-5/h16-24,29-30H,6-15H2,1-5H3,(H,28,31)/t16-,17-,18-,19-,20+,21+,22+,23+,24-,26-,27-/m1/s1. The lowest BCUT2D eigenvalue weighted by Gasteiger charge is -2.64. The molecule has 5 nitrogen and oxygen atoms in total. The van der Waals surface area contributed by atoms with E-state index >= 15 is 0 Å². The van der Waals surface area contributed by atoms with Gasteiger partial charge in [0.2, 0.25) is 0 Å². The lowest BCUT2D eigenvalue weighted by atomic mass is 9.41. The van der Waals surface area contributed by atoms with Crippen molar-refractivity contribution in [1.82, 2.24) is 5.32 Å². The number of ether oxygens (including phenoxy) is 1. The number of nitrogens with one attached hydrogen (secondary N) is 1. The van der Waals surface area contributed by atoms with Crippen molar-refractivity contribution in [2.75, 3.05) is 13.7 Å². The molecule has 4 aliphatic rings. The normalized spacial score (nSPS) is 48.8. The van der Waals surface area contributed by atoms with E-state index in [0.29, 0.717) is 48.0 Å². The van der Waals surface area contributed by atoms with Gasteiger partial charge in [-0.05, 0) is 104 Å². The predicted molar refractivity (Wildman–Crippen MR) is 126 cm³/mol. The second-order valence-electron chi connectivity index (χ2n) is 12.3. The molecule has 0 radical (unpaired) electrons. The summed E-state index contributed by atoms with van der Waals surface area (Å²) < 4.78 is 5.29. The third-order valence-corrected chi connectivity index (χ3v) is 11.2. The zero-order chi connectivity index (χ0) is 23.3. The Morgan fingerprint density at radius 1 is 1.06 bits per heavy atom. The number of hydrogen-bond donors (Lipinski definition) is 3. The highest BCUT2D eigenvalue weighted by molar-refractivity contribution is 5.66. The molecule has 4 aliphatic carbocycles. The Bertz CT molecular complexity index is 685. The summed E-state index contributed by atoms with van der Waals surface area (Å²) in [6.07, 6.45) is 8.99. The number of aliphatic hydroxyl groups excluding tert-OH is 2. The number of carbonyl (C=O) groups excluding carboxylic acids is 1. The van der Waals surface area contributed by atoms with E-state index in [9.17, 15) is 15.0 Å². The minimum absolute atomic E-state index is 0.187. The number of amides is 1. The Hall–Kier alpha value is -0.810. The molecule has 0 aromatic carbocycles. The van der Waals surface area contributed by atoms with Crippen molar-refractivity contribution >= 4 is 6.09 Å². The Labute approximate surface area is 195 Å². The molecule has 0 bridgehead atoms. The molecule has 0 heterocycles. The van der Waals surface area contributed by atoms with E-state index in [1.807, 2.05) is 0 Å². The first-order valence-corrected chi connectivity index (χ1v) is 13.4. The highest BCUT2D eigenvalue weighted by Gasteiger charge is 2.64. The number of rotatable bonds is 5. The molecule has 0 unspecified atom stereocenters. The maximum atomic E-state index is 11.8. The molecule has 4 saturated carbocycles. The van der Waals surface area contributed by atoms with Gasteiger partial charge < -0.3 is 20.3 Å².